The number of nitrogens with zero attached hydrogens (tertiary/aromatic N) is 1. The second kappa shape index (κ2) is 5.41. The van der Waals surface area contributed by atoms with E-state index in [1.165, 1.54) is 0 Å². The van der Waals surface area contributed by atoms with E-state index in [9.17, 15) is 4.79 Å². The van der Waals surface area contributed by atoms with Crippen LogP contribution in [0.2, 0.25) is 0 Å². The first-order valence-corrected chi connectivity index (χ1v) is 5.19. The molecule has 1 rings (SSSR count). The molecule has 6 heteroatoms. The zero-order chi connectivity index (χ0) is 12.1. The summed E-state index contributed by atoms with van der Waals surface area (Å²) in [5, 5.41) is 5.50. The number of thiocarbonyl (C=S) groups is 1. The minimum absolute atomic E-state index is 0.0970. The van der Waals surface area contributed by atoms with Gasteiger partial charge in [0.1, 0.15) is 16.8 Å². The van der Waals surface area contributed by atoms with E-state index in [-0.39, 0.29) is 11.9 Å². The SMILES string of the molecule is CNC(=O)C(C)Nc1ccc(C(N)=S)cn1. The largest absolute Gasteiger partial charge is 0.389 e. The molecule has 16 heavy (non-hydrogen) atoms. The van der Waals surface area contributed by atoms with Gasteiger partial charge >= 0.3 is 0 Å². The highest BCUT2D eigenvalue weighted by Gasteiger charge is 2.10. The molecule has 1 unspecified atom stereocenters. The first kappa shape index (κ1) is 12.4. The van der Waals surface area contributed by atoms with E-state index in [4.69, 9.17) is 18.0 Å². The lowest BCUT2D eigenvalue weighted by atomic mass is 10.2. The van der Waals surface area contributed by atoms with Crippen molar-refractivity contribution in [3.63, 3.8) is 0 Å². The Morgan fingerprint density at radius 3 is 2.69 bits per heavy atom. The maximum atomic E-state index is 11.2. The van der Waals surface area contributed by atoms with Crippen LogP contribution in [0.4, 0.5) is 5.82 Å². The number of nitrogens with one attached hydrogen (secondary N) is 2. The van der Waals surface area contributed by atoms with E-state index in [1.807, 2.05) is 0 Å². The fourth-order valence-electron chi connectivity index (χ4n) is 1.13. The average Bonchev–Trinajstić information content (AvgIpc) is 2.28. The fourth-order valence-corrected chi connectivity index (χ4v) is 1.25. The fraction of sp³-hybridized carbons (Fsp3) is 0.300. The van der Waals surface area contributed by atoms with Crippen molar-refractivity contribution in [2.45, 2.75) is 13.0 Å². The van der Waals surface area contributed by atoms with Crippen LogP contribution in [0.15, 0.2) is 18.3 Å². The van der Waals surface area contributed by atoms with Crippen molar-refractivity contribution in [1.82, 2.24) is 10.3 Å². The lowest BCUT2D eigenvalue weighted by Crippen LogP contribution is -2.35. The van der Waals surface area contributed by atoms with Crippen LogP contribution in [-0.2, 0) is 4.79 Å². The van der Waals surface area contributed by atoms with Crippen molar-refractivity contribution in [3.8, 4) is 0 Å². The molecule has 1 aromatic rings. The summed E-state index contributed by atoms with van der Waals surface area (Å²) in [6.45, 7) is 1.75. The summed E-state index contributed by atoms with van der Waals surface area (Å²) in [7, 11) is 1.59. The van der Waals surface area contributed by atoms with Gasteiger partial charge in [-0.15, -0.1) is 0 Å². The molecule has 0 aliphatic rings. The maximum absolute atomic E-state index is 11.2. The summed E-state index contributed by atoms with van der Waals surface area (Å²) in [6, 6.07) is 3.15. The van der Waals surface area contributed by atoms with Crippen LogP contribution in [0.5, 0.6) is 0 Å². The third-order valence-electron chi connectivity index (χ3n) is 2.05. The summed E-state index contributed by atoms with van der Waals surface area (Å²) >= 11 is 4.81. The Labute approximate surface area is 99.4 Å². The Kier molecular flexibility index (Phi) is 4.19. The van der Waals surface area contributed by atoms with Gasteiger partial charge in [-0.1, -0.05) is 12.2 Å². The predicted molar refractivity (Wildman–Crippen MR) is 67.3 cm³/mol. The van der Waals surface area contributed by atoms with Crippen LogP contribution in [0.1, 0.15) is 12.5 Å². The highest BCUT2D eigenvalue weighted by molar-refractivity contribution is 7.80. The molecule has 0 radical (unpaired) electrons. The summed E-state index contributed by atoms with van der Waals surface area (Å²) in [5.74, 6) is 0.510. The molecule has 1 atom stereocenters. The van der Waals surface area contributed by atoms with Crippen LogP contribution < -0.4 is 16.4 Å². The van der Waals surface area contributed by atoms with E-state index in [1.54, 1.807) is 32.3 Å². The molecular weight excluding hydrogens is 224 g/mol. The zero-order valence-corrected chi connectivity index (χ0v) is 9.97. The van der Waals surface area contributed by atoms with Crippen LogP contribution in [-0.4, -0.2) is 29.0 Å². The van der Waals surface area contributed by atoms with Crippen molar-refractivity contribution in [2.75, 3.05) is 12.4 Å². The number of amides is 1. The number of rotatable bonds is 4. The maximum Gasteiger partial charge on any atom is 0.241 e. The Hall–Kier alpha value is -1.69. The Morgan fingerprint density at radius 2 is 2.25 bits per heavy atom. The minimum Gasteiger partial charge on any atom is -0.389 e. The third kappa shape index (κ3) is 3.16. The molecule has 0 aliphatic carbocycles. The number of hydrogen-bond acceptors (Lipinski definition) is 4. The summed E-state index contributed by atoms with van der Waals surface area (Å²) < 4.78 is 0. The Morgan fingerprint density at radius 1 is 1.56 bits per heavy atom. The Bertz CT molecular complexity index is 390. The molecule has 1 amide bonds. The number of nitrogens with two attached hydrogens (primary N) is 1. The second-order valence-electron chi connectivity index (χ2n) is 3.28. The van der Waals surface area contributed by atoms with Crippen molar-refractivity contribution in [1.29, 1.82) is 0 Å². The van der Waals surface area contributed by atoms with Gasteiger partial charge in [0.25, 0.3) is 0 Å². The number of carbonyl (C=O) groups is 1. The van der Waals surface area contributed by atoms with Crippen molar-refractivity contribution in [2.24, 2.45) is 5.73 Å². The first-order valence-electron chi connectivity index (χ1n) is 4.78. The van der Waals surface area contributed by atoms with Crippen LogP contribution in [0.25, 0.3) is 0 Å². The second-order valence-corrected chi connectivity index (χ2v) is 3.72. The van der Waals surface area contributed by atoms with E-state index in [0.717, 1.165) is 0 Å². The smallest absolute Gasteiger partial charge is 0.241 e. The van der Waals surface area contributed by atoms with Gasteiger partial charge in [0.15, 0.2) is 0 Å². The number of aromatic nitrogens is 1. The first-order chi connectivity index (χ1) is 7.54. The molecule has 0 saturated heterocycles. The third-order valence-corrected chi connectivity index (χ3v) is 2.29. The quantitative estimate of drug-likeness (QED) is 0.656. The molecule has 86 valence electrons. The number of anilines is 1. The average molecular weight is 238 g/mol. The highest BCUT2D eigenvalue weighted by Crippen LogP contribution is 2.06. The topological polar surface area (TPSA) is 80.0 Å². The van der Waals surface area contributed by atoms with Gasteiger partial charge in [0.05, 0.1) is 0 Å². The lowest BCUT2D eigenvalue weighted by Gasteiger charge is -2.12. The number of carbonyl (C=O) groups excluding carboxylic acids is 1. The van der Waals surface area contributed by atoms with E-state index >= 15 is 0 Å². The van der Waals surface area contributed by atoms with Gasteiger partial charge in [-0.3, -0.25) is 4.79 Å². The molecular formula is C10H14N4OS. The predicted octanol–water partition coefficient (Wildman–Crippen LogP) is 0.262. The van der Waals surface area contributed by atoms with Crippen molar-refractivity contribution in [3.05, 3.63) is 23.9 Å². The molecule has 1 aromatic heterocycles. The standard InChI is InChI=1S/C10H14N4OS/c1-6(10(15)12-2)14-8-4-3-7(5-13-8)9(11)16/h3-6H,1-2H3,(H2,11,16)(H,12,15)(H,13,14). The molecule has 4 N–H and O–H groups in total. The van der Waals surface area contributed by atoms with Crippen LogP contribution in [0, 0.1) is 0 Å². The molecule has 0 saturated carbocycles. The lowest BCUT2D eigenvalue weighted by molar-refractivity contribution is -0.121. The number of pyridine rings is 1. The zero-order valence-electron chi connectivity index (χ0n) is 9.15. The van der Waals surface area contributed by atoms with Gasteiger partial charge in [0.2, 0.25) is 5.91 Å². The summed E-state index contributed by atoms with van der Waals surface area (Å²) in [4.78, 5) is 15.7. The number of hydrogen-bond donors (Lipinski definition) is 3. The molecule has 0 spiro atoms. The van der Waals surface area contributed by atoms with Crippen LogP contribution in [0.3, 0.4) is 0 Å². The van der Waals surface area contributed by atoms with Crippen LogP contribution >= 0.6 is 12.2 Å². The molecule has 5 nitrogen and oxygen atoms in total. The van der Waals surface area contributed by atoms with Gasteiger partial charge in [-0.25, -0.2) is 4.98 Å². The van der Waals surface area contributed by atoms with E-state index in [2.05, 4.69) is 15.6 Å². The van der Waals surface area contributed by atoms with Crippen molar-refractivity contribution < 1.29 is 4.79 Å². The molecule has 1 heterocycles. The van der Waals surface area contributed by atoms with E-state index < -0.39 is 0 Å². The monoisotopic (exact) mass is 238 g/mol. The van der Waals surface area contributed by atoms with Gasteiger partial charge in [-0.2, -0.15) is 0 Å². The molecule has 0 fully saturated rings. The van der Waals surface area contributed by atoms with Crippen molar-refractivity contribution >= 4 is 28.9 Å². The molecule has 0 aromatic carbocycles. The molecule has 0 bridgehead atoms. The van der Waals surface area contributed by atoms with Gasteiger partial charge in [0, 0.05) is 18.8 Å². The number of likely N-dealkylation sites (N-methyl/N-ethyl adjacent to an activating group) is 1. The van der Waals surface area contributed by atoms with Gasteiger partial charge in [-0.05, 0) is 19.1 Å². The summed E-state index contributed by atoms with van der Waals surface area (Å²) in [5.41, 5.74) is 6.14. The minimum atomic E-state index is -0.340. The Balaban J connectivity index is 2.68. The normalized spacial score (nSPS) is 11.6. The van der Waals surface area contributed by atoms with E-state index in [0.29, 0.717) is 16.4 Å². The highest BCUT2D eigenvalue weighted by atomic mass is 32.1. The van der Waals surface area contributed by atoms with Gasteiger partial charge < -0.3 is 16.4 Å². The summed E-state index contributed by atoms with van der Waals surface area (Å²) in [6.07, 6.45) is 1.57. The molecule has 0 aliphatic heterocycles.